The number of aryl methyl sites for hydroxylation is 1. The van der Waals surface area contributed by atoms with Crippen LogP contribution < -0.4 is 21.9 Å². The number of rotatable bonds is 6. The molecule has 11 heteroatoms. The topological polar surface area (TPSA) is 120 Å². The van der Waals surface area contributed by atoms with E-state index in [-0.39, 0.29) is 28.9 Å². The monoisotopic (exact) mass is 384 g/mol. The number of nitrogens with one attached hydrogen (secondary N) is 2. The number of fused-ring (bicyclic) bond motifs is 1. The number of nitrogens with zero attached hydrogens (tertiary/aromatic N) is 4. The Hall–Kier alpha value is -2.62. The standard InChI is InChI=1S/C15H21ClN6O4/c1-5-6-17-12(24)8(2)18-9(23)7-22-10-11(19-14(22)16)20(3)15(26)21(4)13(10)25/h8H,5-7H2,1-4H3,(H,17,24)(H,18,23)/t8-/m1/s1. The van der Waals surface area contributed by atoms with Crippen LogP contribution in [-0.2, 0) is 30.2 Å². The van der Waals surface area contributed by atoms with E-state index in [1.54, 1.807) is 6.92 Å². The third kappa shape index (κ3) is 3.64. The van der Waals surface area contributed by atoms with Gasteiger partial charge in [-0.3, -0.25) is 28.1 Å². The number of carbonyl (C=O) groups excluding carboxylic acids is 2. The summed E-state index contributed by atoms with van der Waals surface area (Å²) in [5, 5.41) is 5.12. The summed E-state index contributed by atoms with van der Waals surface area (Å²) < 4.78 is 3.30. The predicted octanol–water partition coefficient (Wildman–Crippen LogP) is -0.882. The normalized spacial score (nSPS) is 12.2. The van der Waals surface area contributed by atoms with Crippen molar-refractivity contribution in [1.82, 2.24) is 29.3 Å². The van der Waals surface area contributed by atoms with Gasteiger partial charge in [0.2, 0.25) is 17.1 Å². The first-order valence-electron chi connectivity index (χ1n) is 8.07. The van der Waals surface area contributed by atoms with Crippen LogP contribution in [0.3, 0.4) is 0 Å². The summed E-state index contributed by atoms with van der Waals surface area (Å²) >= 11 is 6.06. The number of imidazole rings is 1. The highest BCUT2D eigenvalue weighted by molar-refractivity contribution is 6.29. The van der Waals surface area contributed by atoms with Crippen LogP contribution in [0.25, 0.3) is 11.2 Å². The number of halogens is 1. The van der Waals surface area contributed by atoms with E-state index in [1.807, 2.05) is 6.92 Å². The first kappa shape index (κ1) is 19.7. The van der Waals surface area contributed by atoms with E-state index in [0.717, 1.165) is 11.0 Å². The lowest BCUT2D eigenvalue weighted by molar-refractivity contribution is -0.128. The van der Waals surface area contributed by atoms with Gasteiger partial charge in [-0.25, -0.2) is 4.79 Å². The molecule has 1 atom stereocenters. The quantitative estimate of drug-likeness (QED) is 0.626. The van der Waals surface area contributed by atoms with Crippen molar-refractivity contribution in [3.63, 3.8) is 0 Å². The minimum atomic E-state index is -0.741. The molecule has 2 rings (SSSR count). The molecule has 0 saturated carbocycles. The maximum absolute atomic E-state index is 12.4. The largest absolute Gasteiger partial charge is 0.354 e. The lowest BCUT2D eigenvalue weighted by Gasteiger charge is -2.14. The van der Waals surface area contributed by atoms with Gasteiger partial charge in [-0.2, -0.15) is 4.98 Å². The van der Waals surface area contributed by atoms with Gasteiger partial charge in [-0.05, 0) is 24.9 Å². The molecule has 2 amide bonds. The molecular weight excluding hydrogens is 364 g/mol. The molecule has 0 aromatic carbocycles. The van der Waals surface area contributed by atoms with Crippen molar-refractivity contribution in [3.8, 4) is 0 Å². The molecule has 26 heavy (non-hydrogen) atoms. The molecule has 0 radical (unpaired) electrons. The highest BCUT2D eigenvalue weighted by atomic mass is 35.5. The first-order valence-corrected chi connectivity index (χ1v) is 8.45. The zero-order chi connectivity index (χ0) is 19.6. The Kier molecular flexibility index (Phi) is 5.86. The third-order valence-electron chi connectivity index (χ3n) is 3.92. The summed E-state index contributed by atoms with van der Waals surface area (Å²) in [5.41, 5.74) is -1.03. The Balaban J connectivity index is 2.30. The number of hydrogen-bond acceptors (Lipinski definition) is 5. The second kappa shape index (κ2) is 7.73. The van der Waals surface area contributed by atoms with Gasteiger partial charge in [0.15, 0.2) is 11.2 Å². The number of hydrogen-bond donors (Lipinski definition) is 2. The van der Waals surface area contributed by atoms with Gasteiger partial charge in [-0.15, -0.1) is 0 Å². The van der Waals surface area contributed by atoms with Crippen molar-refractivity contribution >= 4 is 34.6 Å². The lowest BCUT2D eigenvalue weighted by Crippen LogP contribution is -2.46. The van der Waals surface area contributed by atoms with Crippen LogP contribution in [0, 0.1) is 0 Å². The molecule has 0 aliphatic heterocycles. The predicted molar refractivity (Wildman–Crippen MR) is 96.1 cm³/mol. The first-order chi connectivity index (χ1) is 12.2. The molecule has 0 saturated heterocycles. The van der Waals surface area contributed by atoms with Crippen LogP contribution >= 0.6 is 11.6 Å². The van der Waals surface area contributed by atoms with Gasteiger partial charge in [-0.1, -0.05) is 6.92 Å². The smallest absolute Gasteiger partial charge is 0.332 e. The lowest BCUT2D eigenvalue weighted by atomic mass is 10.3. The van der Waals surface area contributed by atoms with E-state index < -0.39 is 23.2 Å². The Bertz CT molecular complexity index is 973. The van der Waals surface area contributed by atoms with E-state index in [0.29, 0.717) is 6.54 Å². The van der Waals surface area contributed by atoms with Crippen molar-refractivity contribution in [2.75, 3.05) is 6.54 Å². The second-order valence-electron chi connectivity index (χ2n) is 5.93. The van der Waals surface area contributed by atoms with Crippen molar-refractivity contribution in [1.29, 1.82) is 0 Å². The average Bonchev–Trinajstić information content (AvgIpc) is 2.92. The molecule has 0 bridgehead atoms. The molecular formula is C15H21ClN6O4. The van der Waals surface area contributed by atoms with Gasteiger partial charge in [0.05, 0.1) is 0 Å². The van der Waals surface area contributed by atoms with Crippen molar-refractivity contribution in [2.24, 2.45) is 14.1 Å². The van der Waals surface area contributed by atoms with Crippen LogP contribution in [0.2, 0.25) is 5.28 Å². The summed E-state index contributed by atoms with van der Waals surface area (Å²) in [5.74, 6) is -0.818. The zero-order valence-electron chi connectivity index (χ0n) is 15.0. The van der Waals surface area contributed by atoms with Crippen LogP contribution in [0.15, 0.2) is 9.59 Å². The minimum Gasteiger partial charge on any atom is -0.354 e. The molecule has 2 N–H and O–H groups in total. The fourth-order valence-electron chi connectivity index (χ4n) is 2.46. The van der Waals surface area contributed by atoms with Gasteiger partial charge in [0.1, 0.15) is 12.6 Å². The third-order valence-corrected chi connectivity index (χ3v) is 4.21. The molecule has 10 nitrogen and oxygen atoms in total. The Morgan fingerprint density at radius 1 is 1.23 bits per heavy atom. The molecule has 2 aromatic heterocycles. The number of amides is 2. The van der Waals surface area contributed by atoms with Crippen molar-refractivity contribution in [3.05, 3.63) is 26.1 Å². The second-order valence-corrected chi connectivity index (χ2v) is 6.26. The molecule has 0 fully saturated rings. The maximum Gasteiger partial charge on any atom is 0.332 e. The maximum atomic E-state index is 12.4. The van der Waals surface area contributed by atoms with Gasteiger partial charge in [0.25, 0.3) is 5.56 Å². The summed E-state index contributed by atoms with van der Waals surface area (Å²) in [6, 6.07) is -0.741. The van der Waals surface area contributed by atoms with Gasteiger partial charge >= 0.3 is 5.69 Å². The van der Waals surface area contributed by atoms with Crippen molar-refractivity contribution < 1.29 is 9.59 Å². The SMILES string of the molecule is CCCNC(=O)[C@@H](C)NC(=O)Cn1c(Cl)nc2c1c(=O)n(C)c(=O)n2C. The Morgan fingerprint density at radius 2 is 1.88 bits per heavy atom. The molecule has 0 aliphatic rings. The van der Waals surface area contributed by atoms with E-state index in [1.165, 1.54) is 23.2 Å². The minimum absolute atomic E-state index is 0.0397. The van der Waals surface area contributed by atoms with E-state index in [2.05, 4.69) is 15.6 Å². The van der Waals surface area contributed by atoms with E-state index in [9.17, 15) is 19.2 Å². The molecule has 2 aromatic rings. The molecule has 142 valence electrons. The van der Waals surface area contributed by atoms with Crippen LogP contribution in [0.4, 0.5) is 0 Å². The Morgan fingerprint density at radius 3 is 2.50 bits per heavy atom. The molecule has 0 unspecified atom stereocenters. The molecule has 0 spiro atoms. The summed E-state index contributed by atoms with van der Waals surface area (Å²) in [6.07, 6.45) is 0.783. The van der Waals surface area contributed by atoms with Gasteiger partial charge < -0.3 is 10.6 Å². The fourth-order valence-corrected chi connectivity index (χ4v) is 2.69. The number of aromatic nitrogens is 4. The van der Waals surface area contributed by atoms with Crippen LogP contribution in [-0.4, -0.2) is 43.1 Å². The molecule has 0 aliphatic carbocycles. The average molecular weight is 385 g/mol. The fraction of sp³-hybridized carbons (Fsp3) is 0.533. The summed E-state index contributed by atoms with van der Waals surface area (Å²) in [6.45, 7) is 3.68. The molecule has 2 heterocycles. The summed E-state index contributed by atoms with van der Waals surface area (Å²) in [7, 11) is 2.79. The zero-order valence-corrected chi connectivity index (χ0v) is 15.8. The highest BCUT2D eigenvalue weighted by Crippen LogP contribution is 2.15. The van der Waals surface area contributed by atoms with Crippen LogP contribution in [0.5, 0.6) is 0 Å². The van der Waals surface area contributed by atoms with Crippen LogP contribution in [0.1, 0.15) is 20.3 Å². The van der Waals surface area contributed by atoms with E-state index >= 15 is 0 Å². The summed E-state index contributed by atoms with van der Waals surface area (Å²) in [4.78, 5) is 52.5. The van der Waals surface area contributed by atoms with E-state index in [4.69, 9.17) is 11.6 Å². The van der Waals surface area contributed by atoms with Gasteiger partial charge in [0, 0.05) is 20.6 Å². The Labute approximate surface area is 153 Å². The number of carbonyl (C=O) groups is 2. The van der Waals surface area contributed by atoms with Crippen molar-refractivity contribution in [2.45, 2.75) is 32.9 Å². The highest BCUT2D eigenvalue weighted by Gasteiger charge is 2.21.